The minimum absolute atomic E-state index is 0.0959. The van der Waals surface area contributed by atoms with Gasteiger partial charge in [0.2, 0.25) is 5.91 Å². The van der Waals surface area contributed by atoms with Crippen LogP contribution in [-0.4, -0.2) is 35.4 Å². The molecule has 1 aromatic carbocycles. The third-order valence-electron chi connectivity index (χ3n) is 2.99. The molecule has 1 atom stereocenters. The molecule has 0 bridgehead atoms. The van der Waals surface area contributed by atoms with Crippen molar-refractivity contribution in [2.45, 2.75) is 18.9 Å². The summed E-state index contributed by atoms with van der Waals surface area (Å²) < 4.78 is 4.80. The van der Waals surface area contributed by atoms with Crippen LogP contribution in [0.5, 0.6) is 0 Å². The molecule has 1 unspecified atom stereocenters. The number of amides is 2. The maximum atomic E-state index is 11.6. The maximum Gasteiger partial charge on any atom is 0.329 e. The topological polar surface area (TPSA) is 128 Å². The van der Waals surface area contributed by atoms with Gasteiger partial charge in [-0.25, -0.2) is 4.79 Å². The average Bonchev–Trinajstić information content (AvgIpc) is 2.92. The van der Waals surface area contributed by atoms with Gasteiger partial charge in [-0.15, -0.1) is 0 Å². The highest BCUT2D eigenvalue weighted by molar-refractivity contribution is 5.94. The number of nitrogens with one attached hydrogen (secondary N) is 2. The molecular weight excluding hydrogens is 294 g/mol. The van der Waals surface area contributed by atoms with Crippen molar-refractivity contribution in [2.24, 2.45) is 0 Å². The highest BCUT2D eigenvalue weighted by atomic mass is 16.6. The third kappa shape index (κ3) is 4.01. The molecule has 1 aliphatic heterocycles. The van der Waals surface area contributed by atoms with Crippen LogP contribution in [0.15, 0.2) is 24.3 Å². The largest absolute Gasteiger partial charge is 0.454 e. The monoisotopic (exact) mass is 307 g/mol. The fourth-order valence-electron chi connectivity index (χ4n) is 1.89. The molecule has 2 amide bonds. The average molecular weight is 307 g/mol. The molecule has 116 valence electrons. The zero-order chi connectivity index (χ0) is 16.1. The van der Waals surface area contributed by atoms with Gasteiger partial charge in [0, 0.05) is 24.2 Å². The van der Waals surface area contributed by atoms with Crippen molar-refractivity contribution >= 4 is 29.2 Å². The Morgan fingerprint density at radius 3 is 2.59 bits per heavy atom. The number of carbonyl (C=O) groups excluding carboxylic acids is 3. The fourth-order valence-corrected chi connectivity index (χ4v) is 1.89. The molecule has 9 nitrogen and oxygen atoms in total. The normalized spacial score (nSPS) is 16.7. The molecule has 0 radical (unpaired) electrons. The molecule has 1 aliphatic rings. The Labute approximate surface area is 124 Å². The van der Waals surface area contributed by atoms with Gasteiger partial charge in [-0.2, -0.15) is 0 Å². The Bertz CT molecular complexity index is 613. The zero-order valence-electron chi connectivity index (χ0n) is 11.4. The van der Waals surface area contributed by atoms with E-state index >= 15 is 0 Å². The summed E-state index contributed by atoms with van der Waals surface area (Å²) in [5.41, 5.74) is 0.252. The Balaban J connectivity index is 1.79. The van der Waals surface area contributed by atoms with Crippen LogP contribution in [0.1, 0.15) is 12.8 Å². The highest BCUT2D eigenvalue weighted by Crippen LogP contribution is 2.15. The number of nitro groups is 1. The van der Waals surface area contributed by atoms with Gasteiger partial charge in [0.05, 0.1) is 4.92 Å². The van der Waals surface area contributed by atoms with Gasteiger partial charge < -0.3 is 15.4 Å². The second kappa shape index (κ2) is 6.66. The van der Waals surface area contributed by atoms with E-state index in [0.717, 1.165) is 0 Å². The smallest absolute Gasteiger partial charge is 0.329 e. The molecule has 0 aromatic heterocycles. The lowest BCUT2D eigenvalue weighted by Crippen LogP contribution is -2.36. The first-order valence-electron chi connectivity index (χ1n) is 6.46. The SMILES string of the molecule is O=C(COC(=O)C1CCC(=O)N1)Nc1ccc([N+](=O)[O-])cc1. The standard InChI is InChI=1S/C13H13N3O6/c17-11-6-5-10(15-11)13(19)22-7-12(18)14-8-1-3-9(4-2-8)16(20)21/h1-4,10H,5-7H2,(H,14,18)(H,15,17). The van der Waals surface area contributed by atoms with Gasteiger partial charge in [-0.05, 0) is 18.6 Å². The Kier molecular flexibility index (Phi) is 4.66. The maximum absolute atomic E-state index is 11.6. The van der Waals surface area contributed by atoms with E-state index in [4.69, 9.17) is 4.74 Å². The lowest BCUT2D eigenvalue weighted by molar-refractivity contribution is -0.384. The van der Waals surface area contributed by atoms with Crippen LogP contribution in [0, 0.1) is 10.1 Å². The van der Waals surface area contributed by atoms with E-state index in [9.17, 15) is 24.5 Å². The van der Waals surface area contributed by atoms with Crippen LogP contribution < -0.4 is 10.6 Å². The van der Waals surface area contributed by atoms with E-state index in [1.807, 2.05) is 0 Å². The van der Waals surface area contributed by atoms with E-state index in [0.29, 0.717) is 12.1 Å². The predicted octanol–water partition coefficient (Wildman–Crippen LogP) is 0.355. The number of benzene rings is 1. The summed E-state index contributed by atoms with van der Waals surface area (Å²) in [4.78, 5) is 44.1. The summed E-state index contributed by atoms with van der Waals surface area (Å²) in [6.45, 7) is -0.498. The number of hydrogen-bond acceptors (Lipinski definition) is 6. The summed E-state index contributed by atoms with van der Waals surface area (Å²) in [7, 11) is 0. The number of esters is 1. The van der Waals surface area contributed by atoms with E-state index in [1.165, 1.54) is 24.3 Å². The summed E-state index contributed by atoms with van der Waals surface area (Å²) >= 11 is 0. The van der Waals surface area contributed by atoms with Gasteiger partial charge in [0.1, 0.15) is 6.04 Å². The lowest BCUT2D eigenvalue weighted by Gasteiger charge is -2.10. The molecule has 0 saturated carbocycles. The molecule has 2 rings (SSSR count). The number of hydrogen-bond donors (Lipinski definition) is 2. The van der Waals surface area contributed by atoms with Gasteiger partial charge in [0.25, 0.3) is 11.6 Å². The van der Waals surface area contributed by atoms with Gasteiger partial charge in [-0.1, -0.05) is 0 Å². The van der Waals surface area contributed by atoms with Crippen LogP contribution in [-0.2, 0) is 19.1 Å². The number of nitro benzene ring substituents is 1. The van der Waals surface area contributed by atoms with Crippen LogP contribution in [0.3, 0.4) is 0 Å². The molecule has 1 fully saturated rings. The minimum atomic E-state index is -0.709. The molecule has 2 N–H and O–H groups in total. The summed E-state index contributed by atoms with van der Waals surface area (Å²) in [5.74, 6) is -1.46. The quantitative estimate of drug-likeness (QED) is 0.459. The number of nitrogens with zero attached hydrogens (tertiary/aromatic N) is 1. The number of ether oxygens (including phenoxy) is 1. The summed E-state index contributed by atoms with van der Waals surface area (Å²) in [6, 6.07) is 4.52. The van der Waals surface area contributed by atoms with Crippen LogP contribution in [0.2, 0.25) is 0 Å². The van der Waals surface area contributed by atoms with E-state index < -0.39 is 29.4 Å². The predicted molar refractivity (Wildman–Crippen MR) is 73.8 cm³/mol. The number of anilines is 1. The number of non-ortho nitro benzene ring substituents is 1. The molecule has 1 heterocycles. The van der Waals surface area contributed by atoms with E-state index in [2.05, 4.69) is 10.6 Å². The molecule has 1 aromatic rings. The molecule has 22 heavy (non-hydrogen) atoms. The van der Waals surface area contributed by atoms with Gasteiger partial charge in [-0.3, -0.25) is 19.7 Å². The van der Waals surface area contributed by atoms with E-state index in [-0.39, 0.29) is 18.0 Å². The number of rotatable bonds is 5. The van der Waals surface area contributed by atoms with Crippen LogP contribution >= 0.6 is 0 Å². The first kappa shape index (κ1) is 15.4. The Morgan fingerprint density at radius 1 is 1.36 bits per heavy atom. The van der Waals surface area contributed by atoms with Crippen molar-refractivity contribution < 1.29 is 24.0 Å². The third-order valence-corrected chi connectivity index (χ3v) is 2.99. The Hall–Kier alpha value is -2.97. The second-order valence-electron chi connectivity index (χ2n) is 4.62. The highest BCUT2D eigenvalue weighted by Gasteiger charge is 2.28. The molecule has 9 heteroatoms. The molecular formula is C13H13N3O6. The van der Waals surface area contributed by atoms with Crippen molar-refractivity contribution in [3.63, 3.8) is 0 Å². The van der Waals surface area contributed by atoms with Crippen molar-refractivity contribution in [3.8, 4) is 0 Å². The van der Waals surface area contributed by atoms with E-state index in [1.54, 1.807) is 0 Å². The molecule has 1 saturated heterocycles. The first-order valence-corrected chi connectivity index (χ1v) is 6.46. The van der Waals surface area contributed by atoms with Crippen molar-refractivity contribution in [2.75, 3.05) is 11.9 Å². The van der Waals surface area contributed by atoms with Crippen molar-refractivity contribution in [1.82, 2.24) is 5.32 Å². The summed E-state index contributed by atoms with van der Waals surface area (Å²) in [5, 5.41) is 15.4. The lowest BCUT2D eigenvalue weighted by atomic mass is 10.2. The summed E-state index contributed by atoms with van der Waals surface area (Å²) in [6.07, 6.45) is 0.608. The van der Waals surface area contributed by atoms with Crippen LogP contribution in [0.4, 0.5) is 11.4 Å². The Morgan fingerprint density at radius 2 is 2.05 bits per heavy atom. The van der Waals surface area contributed by atoms with Crippen molar-refractivity contribution in [3.05, 3.63) is 34.4 Å². The molecule has 0 aliphatic carbocycles. The fraction of sp³-hybridized carbons (Fsp3) is 0.308. The zero-order valence-corrected chi connectivity index (χ0v) is 11.4. The number of carbonyl (C=O) groups is 3. The second-order valence-corrected chi connectivity index (χ2v) is 4.62. The minimum Gasteiger partial charge on any atom is -0.454 e. The first-order chi connectivity index (χ1) is 10.5. The van der Waals surface area contributed by atoms with Gasteiger partial charge in [0.15, 0.2) is 6.61 Å². The van der Waals surface area contributed by atoms with Crippen LogP contribution in [0.25, 0.3) is 0 Å². The van der Waals surface area contributed by atoms with Crippen molar-refractivity contribution in [1.29, 1.82) is 0 Å². The van der Waals surface area contributed by atoms with Gasteiger partial charge >= 0.3 is 5.97 Å². The molecule has 0 spiro atoms.